The molecular formula is C26H24ClNO2. The largest absolute Gasteiger partial charge is 0.469 e. The number of carbonyl (C=O) groups excluding carboxylic acids is 1. The molecular weight excluding hydrogens is 394 g/mol. The fourth-order valence-corrected chi connectivity index (χ4v) is 3.91. The lowest BCUT2D eigenvalue weighted by molar-refractivity contribution is -0.140. The quantitative estimate of drug-likeness (QED) is 0.336. The van der Waals surface area contributed by atoms with E-state index >= 15 is 0 Å². The monoisotopic (exact) mass is 417 g/mol. The zero-order chi connectivity index (χ0) is 20.9. The van der Waals surface area contributed by atoms with Gasteiger partial charge in [0.2, 0.25) is 0 Å². The number of esters is 1. The molecule has 4 heteroatoms. The predicted octanol–water partition coefficient (Wildman–Crippen LogP) is 6.17. The molecule has 4 rings (SSSR count). The minimum atomic E-state index is -0.182. The van der Waals surface area contributed by atoms with Crippen LogP contribution in [-0.4, -0.2) is 17.6 Å². The van der Waals surface area contributed by atoms with Crippen LogP contribution in [0, 0.1) is 0 Å². The number of carbonyl (C=O) groups is 1. The first-order valence-corrected chi connectivity index (χ1v) is 10.5. The number of nitrogens with zero attached hydrogens (tertiary/aromatic N) is 1. The standard InChI is InChI=1S/C26H24ClNO2/c1-30-26(29)16-9-20-8-15-25-24(17-20)21(10-7-19-5-3-2-4-6-19)18-28(25)23-13-11-22(27)12-14-23/h2-6,8,11-15,17-18H,7,9-10,16H2,1H3. The number of rotatable bonds is 7. The summed E-state index contributed by atoms with van der Waals surface area (Å²) >= 11 is 6.09. The smallest absolute Gasteiger partial charge is 0.305 e. The van der Waals surface area contributed by atoms with E-state index in [0.717, 1.165) is 34.6 Å². The van der Waals surface area contributed by atoms with Gasteiger partial charge in [-0.25, -0.2) is 0 Å². The number of methoxy groups -OCH3 is 1. The molecule has 0 saturated carbocycles. The molecule has 0 radical (unpaired) electrons. The average molecular weight is 418 g/mol. The Morgan fingerprint density at radius 3 is 2.40 bits per heavy atom. The van der Waals surface area contributed by atoms with Gasteiger partial charge in [-0.1, -0.05) is 48.0 Å². The molecule has 3 aromatic carbocycles. The second-order valence-corrected chi connectivity index (χ2v) is 7.85. The highest BCUT2D eigenvalue weighted by atomic mass is 35.5. The summed E-state index contributed by atoms with van der Waals surface area (Å²) < 4.78 is 7.01. The zero-order valence-electron chi connectivity index (χ0n) is 17.0. The van der Waals surface area contributed by atoms with Crippen molar-refractivity contribution in [2.75, 3.05) is 7.11 Å². The highest BCUT2D eigenvalue weighted by Gasteiger charge is 2.12. The fraction of sp³-hybridized carbons (Fsp3) is 0.192. The van der Waals surface area contributed by atoms with Gasteiger partial charge in [-0.3, -0.25) is 4.79 Å². The topological polar surface area (TPSA) is 31.2 Å². The van der Waals surface area contributed by atoms with Gasteiger partial charge in [-0.15, -0.1) is 0 Å². The molecule has 0 aliphatic heterocycles. The van der Waals surface area contributed by atoms with Crippen molar-refractivity contribution in [2.24, 2.45) is 0 Å². The van der Waals surface area contributed by atoms with Crippen molar-refractivity contribution in [3.05, 3.63) is 101 Å². The van der Waals surface area contributed by atoms with Crippen molar-refractivity contribution in [3.63, 3.8) is 0 Å². The van der Waals surface area contributed by atoms with E-state index in [9.17, 15) is 4.79 Å². The molecule has 0 aliphatic carbocycles. The van der Waals surface area contributed by atoms with Gasteiger partial charge < -0.3 is 9.30 Å². The number of hydrogen-bond donors (Lipinski definition) is 0. The van der Waals surface area contributed by atoms with Crippen LogP contribution in [-0.2, 0) is 28.8 Å². The summed E-state index contributed by atoms with van der Waals surface area (Å²) in [6, 6.07) is 24.9. The molecule has 0 aliphatic rings. The summed E-state index contributed by atoms with van der Waals surface area (Å²) in [6.07, 6.45) is 5.21. The number of benzene rings is 3. The maximum atomic E-state index is 11.6. The van der Waals surface area contributed by atoms with Crippen molar-refractivity contribution in [1.82, 2.24) is 4.57 Å². The summed E-state index contributed by atoms with van der Waals surface area (Å²) in [5.41, 5.74) is 6.00. The molecule has 0 spiro atoms. The van der Waals surface area contributed by atoms with E-state index in [0.29, 0.717) is 12.8 Å². The van der Waals surface area contributed by atoms with Crippen LogP contribution < -0.4 is 0 Å². The van der Waals surface area contributed by atoms with Crippen molar-refractivity contribution < 1.29 is 9.53 Å². The number of halogens is 1. The van der Waals surface area contributed by atoms with Gasteiger partial charge in [0.1, 0.15) is 0 Å². The second kappa shape index (κ2) is 9.19. The van der Waals surface area contributed by atoms with E-state index in [1.54, 1.807) is 0 Å². The van der Waals surface area contributed by atoms with Crippen LogP contribution in [0.2, 0.25) is 5.02 Å². The lowest BCUT2D eigenvalue weighted by Crippen LogP contribution is -2.01. The van der Waals surface area contributed by atoms with Crippen molar-refractivity contribution >= 4 is 28.5 Å². The van der Waals surface area contributed by atoms with Crippen LogP contribution in [0.5, 0.6) is 0 Å². The van der Waals surface area contributed by atoms with E-state index in [4.69, 9.17) is 16.3 Å². The molecule has 3 nitrogen and oxygen atoms in total. The van der Waals surface area contributed by atoms with Gasteiger partial charge in [0.05, 0.1) is 12.6 Å². The highest BCUT2D eigenvalue weighted by Crippen LogP contribution is 2.28. The van der Waals surface area contributed by atoms with Crippen LogP contribution in [0.25, 0.3) is 16.6 Å². The second-order valence-electron chi connectivity index (χ2n) is 7.41. The van der Waals surface area contributed by atoms with Gasteiger partial charge >= 0.3 is 5.97 Å². The minimum Gasteiger partial charge on any atom is -0.469 e. The Balaban J connectivity index is 1.70. The Morgan fingerprint density at radius 2 is 1.67 bits per heavy atom. The molecule has 30 heavy (non-hydrogen) atoms. The summed E-state index contributed by atoms with van der Waals surface area (Å²) in [5, 5.41) is 1.95. The third kappa shape index (κ3) is 4.58. The first kappa shape index (κ1) is 20.2. The van der Waals surface area contributed by atoms with E-state index < -0.39 is 0 Å². The molecule has 1 aromatic heterocycles. The Hall–Kier alpha value is -3.04. The van der Waals surface area contributed by atoms with Crippen LogP contribution in [0.1, 0.15) is 23.1 Å². The van der Waals surface area contributed by atoms with E-state index in [2.05, 4.69) is 53.2 Å². The van der Waals surface area contributed by atoms with E-state index in [1.807, 2.05) is 30.3 Å². The number of fused-ring (bicyclic) bond motifs is 1. The van der Waals surface area contributed by atoms with Crippen molar-refractivity contribution in [3.8, 4) is 5.69 Å². The Kier molecular flexibility index (Phi) is 6.20. The van der Waals surface area contributed by atoms with Crippen LogP contribution >= 0.6 is 11.6 Å². The Morgan fingerprint density at radius 1 is 0.900 bits per heavy atom. The SMILES string of the molecule is COC(=O)CCc1ccc2c(c1)c(CCc1ccccc1)cn2-c1ccc(Cl)cc1. The van der Waals surface area contributed by atoms with Crippen molar-refractivity contribution in [1.29, 1.82) is 0 Å². The lowest BCUT2D eigenvalue weighted by atomic mass is 10.0. The average Bonchev–Trinajstić information content (AvgIpc) is 3.15. The first-order valence-electron chi connectivity index (χ1n) is 10.1. The normalized spacial score (nSPS) is 11.0. The molecule has 0 bridgehead atoms. The van der Waals surface area contributed by atoms with Gasteiger partial charge in [0, 0.05) is 28.7 Å². The molecule has 0 unspecified atom stereocenters. The Labute approximate surface area is 181 Å². The summed E-state index contributed by atoms with van der Waals surface area (Å²) in [6.45, 7) is 0. The molecule has 0 amide bonds. The minimum absolute atomic E-state index is 0.182. The fourth-order valence-electron chi connectivity index (χ4n) is 3.79. The molecule has 0 saturated heterocycles. The van der Waals surface area contributed by atoms with Crippen LogP contribution in [0.3, 0.4) is 0 Å². The summed E-state index contributed by atoms with van der Waals surface area (Å²) in [7, 11) is 1.43. The first-order chi connectivity index (χ1) is 14.6. The predicted molar refractivity (Wildman–Crippen MR) is 122 cm³/mol. The molecule has 152 valence electrons. The highest BCUT2D eigenvalue weighted by molar-refractivity contribution is 6.30. The van der Waals surface area contributed by atoms with Crippen LogP contribution in [0.15, 0.2) is 79.0 Å². The van der Waals surface area contributed by atoms with Gasteiger partial charge in [0.25, 0.3) is 0 Å². The lowest BCUT2D eigenvalue weighted by Gasteiger charge is -2.07. The zero-order valence-corrected chi connectivity index (χ0v) is 17.7. The van der Waals surface area contributed by atoms with Crippen LogP contribution in [0.4, 0.5) is 0 Å². The number of aromatic nitrogens is 1. The Bertz CT molecular complexity index is 1150. The molecule has 0 fully saturated rings. The molecule has 4 aromatic rings. The third-order valence-corrected chi connectivity index (χ3v) is 5.68. The molecule has 1 heterocycles. The van der Waals surface area contributed by atoms with Gasteiger partial charge in [-0.2, -0.15) is 0 Å². The molecule has 0 N–H and O–H groups in total. The van der Waals surface area contributed by atoms with Gasteiger partial charge in [-0.05, 0) is 72.4 Å². The number of hydrogen-bond acceptors (Lipinski definition) is 2. The van der Waals surface area contributed by atoms with Crippen molar-refractivity contribution in [2.45, 2.75) is 25.7 Å². The third-order valence-electron chi connectivity index (χ3n) is 5.43. The maximum Gasteiger partial charge on any atom is 0.305 e. The van der Waals surface area contributed by atoms with Gasteiger partial charge in [0.15, 0.2) is 0 Å². The van der Waals surface area contributed by atoms with E-state index in [-0.39, 0.29) is 5.97 Å². The number of ether oxygens (including phenoxy) is 1. The number of aryl methyl sites for hydroxylation is 3. The summed E-state index contributed by atoms with van der Waals surface area (Å²) in [5.74, 6) is -0.182. The molecule has 0 atom stereocenters. The maximum absolute atomic E-state index is 11.6. The van der Waals surface area contributed by atoms with E-state index in [1.165, 1.54) is 23.6 Å². The summed E-state index contributed by atoms with van der Waals surface area (Å²) in [4.78, 5) is 11.6.